The second-order valence-electron chi connectivity index (χ2n) is 32.9. The van der Waals surface area contributed by atoms with E-state index < -0.39 is 52.4 Å². The van der Waals surface area contributed by atoms with Crippen LogP contribution in [0.25, 0.3) is 161 Å². The third kappa shape index (κ3) is 13.4. The van der Waals surface area contributed by atoms with Gasteiger partial charge in [-0.15, -0.1) is 0 Å². The lowest BCUT2D eigenvalue weighted by Crippen LogP contribution is -2.15. The fourth-order valence-corrected chi connectivity index (χ4v) is 19.9. The summed E-state index contributed by atoms with van der Waals surface area (Å²) in [6, 6.07) is 33.8. The molecule has 0 fully saturated rings. The maximum atomic E-state index is 15.9. The molecule has 1 aliphatic carbocycles. The number of halogens is 14. The molecule has 16 rings (SSSR count). The van der Waals surface area contributed by atoms with E-state index in [0.717, 1.165) is 46.5 Å². The number of hydrogen-bond donors (Lipinski definition) is 4. The van der Waals surface area contributed by atoms with Crippen molar-refractivity contribution in [3.05, 3.63) is 270 Å². The number of nitrogens with one attached hydrogen (secondary N) is 4. The molecule has 622 valence electrons. The van der Waals surface area contributed by atoms with E-state index in [4.69, 9.17) is 19.9 Å². The highest BCUT2D eigenvalue weighted by atomic mass is 127. The molecular weight excluding hydrogens is 1790 g/mol. The Bertz CT molecular complexity index is 7080. The highest BCUT2D eigenvalue weighted by molar-refractivity contribution is 14.1. The predicted octanol–water partition coefficient (Wildman–Crippen LogP) is 31.3. The lowest BCUT2D eigenvalue weighted by atomic mass is 9.80. The van der Waals surface area contributed by atoms with Gasteiger partial charge in [0, 0.05) is 38.8 Å². The zero-order chi connectivity index (χ0) is 88.0. The van der Waals surface area contributed by atoms with Crippen molar-refractivity contribution < 1.29 is 52.7 Å². The summed E-state index contributed by atoms with van der Waals surface area (Å²) < 4.78 is 192. The molecule has 0 radical (unpaired) electrons. The molecule has 12 aromatic rings. The molecule has 6 aromatic carbocycles. The Hall–Kier alpha value is -10.9. The van der Waals surface area contributed by atoms with Crippen molar-refractivity contribution in [3.8, 4) is 77.9 Å². The second kappa shape index (κ2) is 30.0. The van der Waals surface area contributed by atoms with Crippen LogP contribution in [-0.2, 0) is 30.1 Å². The molecule has 0 atom stereocenters. The van der Waals surface area contributed by atoms with Crippen LogP contribution < -0.4 is 0 Å². The standard InChI is InChI=1S/C100H84F12I2N8/c1-20-43(2)81-75(63-29-21-25-33-67(63)97(101,102)103)86-48(7)44(3)82(116-86)73(83-45(4)49(8)87(117-83)76(64-30-22-26-34-68(64)98(104,105)106)90-52(11)55(14)93(120-90)79(113)58(17)115-81)59-37-39-61-62-40-38-60(42-72(62)96(18,19)71(61)41-59)74-84-46(5)50(9)88(118-84)77(65-31-23-27-35-69(65)99(107,108)109)91-53(12)56(15)94(121-91)80(114)95-57(16)54(13)92(122-95)78(89-51(10)47(6)85(74)119-89)66-32-24-28-36-70(66)100(110,111)112/h20-42,116,118,120,122H,1-19H3/b43-20+,79-58?,81-75?,82-73?,83-73?,84-74?,85-74?,86-75?,87-76?,88-77?,89-78?,90-76?,91-77?,92-78?,93-79?,94-80?,95-80?,115-58?,115-81?. The quantitative estimate of drug-likeness (QED) is 0.0940. The third-order valence-electron chi connectivity index (χ3n) is 26.0. The van der Waals surface area contributed by atoms with Gasteiger partial charge in [0.25, 0.3) is 0 Å². The zero-order valence-electron chi connectivity index (χ0n) is 70.4. The van der Waals surface area contributed by atoms with E-state index in [1.807, 2.05) is 121 Å². The van der Waals surface area contributed by atoms with Crippen molar-refractivity contribution in [2.45, 2.75) is 162 Å². The van der Waals surface area contributed by atoms with E-state index in [0.29, 0.717) is 180 Å². The Morgan fingerprint density at radius 3 is 0.885 bits per heavy atom. The van der Waals surface area contributed by atoms with E-state index in [1.165, 1.54) is 48.5 Å². The van der Waals surface area contributed by atoms with Crippen LogP contribution in [0.5, 0.6) is 0 Å². The average molecular weight is 1880 g/mol. The Morgan fingerprint density at radius 1 is 0.311 bits per heavy atom. The van der Waals surface area contributed by atoms with Crippen LogP contribution in [0.3, 0.4) is 0 Å². The SMILES string of the molecule is C/C=C(\C)c1nc(C)c(I)c2[nH]c(c(C)c2C)c(-c2ccccc2C(F)(F)F)c2nc(c(-c3ccc4c(c3)C(C)(C)c3cc(-c5c6nc(c(-c7ccccc7C(F)(F)F)c7[nH]c(c(C)c7C)c(I)c7nc(c(-c8ccccc8C(F)(F)F)c8[nH]c5c(C)c8C)C(C)=C7C)C(C)=C6C)ccc3-4)c3[nH]c(c(C)c3C)c1-c1ccccc1C(F)(F)F)C(C)=C2C. The molecule has 4 N–H and O–H groups in total. The van der Waals surface area contributed by atoms with Crippen molar-refractivity contribution in [1.82, 2.24) is 39.9 Å². The summed E-state index contributed by atoms with van der Waals surface area (Å²) >= 11 is 4.33. The Kier molecular flexibility index (Phi) is 20.8. The van der Waals surface area contributed by atoms with Crippen molar-refractivity contribution in [2.75, 3.05) is 0 Å². The highest BCUT2D eigenvalue weighted by Crippen LogP contribution is 2.57. The summed E-state index contributed by atoms with van der Waals surface area (Å²) in [5, 5.41) is 0. The summed E-state index contributed by atoms with van der Waals surface area (Å²) in [5.41, 5.74) is 16.4. The number of benzene rings is 6. The van der Waals surface area contributed by atoms with Crippen molar-refractivity contribution in [1.29, 1.82) is 0 Å². The molecule has 22 heteroatoms. The van der Waals surface area contributed by atoms with Crippen molar-refractivity contribution >= 4 is 128 Å². The molecule has 6 aromatic heterocycles. The molecular formula is C100H84F12I2N8. The van der Waals surface area contributed by atoms with Gasteiger partial charge in [0.2, 0.25) is 0 Å². The fraction of sp³-hybridized carbons (Fsp3) is 0.240. The van der Waals surface area contributed by atoms with Gasteiger partial charge >= 0.3 is 24.7 Å². The first kappa shape index (κ1) is 84.7. The summed E-state index contributed by atoms with van der Waals surface area (Å²) in [6.45, 7) is 35.5. The first-order valence-corrected chi connectivity index (χ1v) is 42.0. The number of alkyl halides is 12. The monoisotopic (exact) mass is 1880 g/mol. The molecule has 9 heterocycles. The molecule has 0 spiro atoms. The van der Waals surface area contributed by atoms with E-state index in [1.54, 1.807) is 51.1 Å². The second-order valence-corrected chi connectivity index (χ2v) is 35.0. The van der Waals surface area contributed by atoms with Gasteiger partial charge in [0.05, 0.1) is 119 Å². The molecule has 0 saturated heterocycles. The summed E-state index contributed by atoms with van der Waals surface area (Å²) in [6.07, 6.45) is -17.6. The van der Waals surface area contributed by atoms with E-state index in [2.05, 4.69) is 91.1 Å². The summed E-state index contributed by atoms with van der Waals surface area (Å²) in [4.78, 5) is 36.6. The van der Waals surface area contributed by atoms with Gasteiger partial charge in [-0.3, -0.25) is 4.98 Å². The lowest BCUT2D eigenvalue weighted by Gasteiger charge is -2.23. The molecule has 4 aliphatic rings. The number of hydrogen-bond acceptors (Lipinski definition) is 4. The number of nitrogens with zero attached hydrogens (tertiary/aromatic N) is 4. The topological polar surface area (TPSA) is 115 Å². The predicted molar refractivity (Wildman–Crippen MR) is 488 cm³/mol. The molecule has 0 unspecified atom stereocenters. The molecule has 122 heavy (non-hydrogen) atoms. The smallest absolute Gasteiger partial charge is 0.354 e. The zero-order valence-corrected chi connectivity index (χ0v) is 74.7. The van der Waals surface area contributed by atoms with Gasteiger partial charge in [-0.25, -0.2) is 15.0 Å². The first-order valence-electron chi connectivity index (χ1n) is 39.8. The van der Waals surface area contributed by atoms with Crippen LogP contribution in [0.4, 0.5) is 52.7 Å². The van der Waals surface area contributed by atoms with Gasteiger partial charge < -0.3 is 19.9 Å². The minimum absolute atomic E-state index is 0.122. The fourth-order valence-electron chi connectivity index (χ4n) is 18.2. The maximum Gasteiger partial charge on any atom is 0.417 e. The van der Waals surface area contributed by atoms with Gasteiger partial charge in [-0.05, 0) is 338 Å². The van der Waals surface area contributed by atoms with Crippen LogP contribution in [0.2, 0.25) is 0 Å². The largest absolute Gasteiger partial charge is 0.417 e. The van der Waals surface area contributed by atoms with Crippen LogP contribution in [0.15, 0.2) is 140 Å². The van der Waals surface area contributed by atoms with E-state index >= 15 is 52.7 Å². The number of aryl methyl sites for hydroxylation is 9. The Morgan fingerprint density at radius 2 is 0.566 bits per heavy atom. The number of allylic oxidation sites excluding steroid dienone is 8. The minimum Gasteiger partial charge on any atom is -0.354 e. The van der Waals surface area contributed by atoms with E-state index in [9.17, 15) is 0 Å². The Balaban J connectivity index is 1.04. The number of aromatic nitrogens is 8. The number of rotatable bonds is 7. The minimum atomic E-state index is -4.85. The van der Waals surface area contributed by atoms with E-state index in [-0.39, 0.29) is 67.3 Å². The molecule has 14 bridgehead atoms. The van der Waals surface area contributed by atoms with Crippen molar-refractivity contribution in [3.63, 3.8) is 0 Å². The molecule has 0 amide bonds. The molecule has 0 saturated carbocycles. The normalized spacial score (nSPS) is 14.1. The van der Waals surface area contributed by atoms with Crippen LogP contribution in [0, 0.1) is 69.5 Å². The van der Waals surface area contributed by atoms with Gasteiger partial charge in [-0.2, -0.15) is 52.7 Å². The molecule has 8 nitrogen and oxygen atoms in total. The summed E-state index contributed by atoms with van der Waals surface area (Å²) in [5.74, 6) is 0. The number of aromatic amines is 4. The number of fused-ring (bicyclic) bond motifs is 17. The van der Waals surface area contributed by atoms with Gasteiger partial charge in [0.1, 0.15) is 0 Å². The van der Waals surface area contributed by atoms with Crippen LogP contribution in [-0.4, -0.2) is 39.9 Å². The maximum absolute atomic E-state index is 15.9. The van der Waals surface area contributed by atoms with Crippen LogP contribution >= 0.6 is 45.2 Å². The molecule has 3 aliphatic heterocycles. The lowest BCUT2D eigenvalue weighted by molar-refractivity contribution is -0.137. The van der Waals surface area contributed by atoms with Crippen LogP contribution in [0.1, 0.15) is 193 Å². The Labute approximate surface area is 725 Å². The van der Waals surface area contributed by atoms with Crippen molar-refractivity contribution in [2.24, 2.45) is 0 Å². The number of H-pyrrole nitrogens is 4. The van der Waals surface area contributed by atoms with Gasteiger partial charge in [0.15, 0.2) is 0 Å². The third-order valence-corrected chi connectivity index (χ3v) is 28.3. The van der Waals surface area contributed by atoms with Gasteiger partial charge in [-0.1, -0.05) is 117 Å². The highest BCUT2D eigenvalue weighted by Gasteiger charge is 2.43. The summed E-state index contributed by atoms with van der Waals surface area (Å²) in [7, 11) is 0. The average Bonchev–Trinajstić information content (AvgIpc) is 1.56. The first-order chi connectivity index (χ1) is 57.3.